The molecule has 1 aromatic heterocycles. The van der Waals surface area contributed by atoms with E-state index >= 15 is 0 Å². The van der Waals surface area contributed by atoms with E-state index in [4.69, 9.17) is 4.74 Å². The summed E-state index contributed by atoms with van der Waals surface area (Å²) in [6, 6.07) is 9.92. The van der Waals surface area contributed by atoms with Gasteiger partial charge >= 0.3 is 5.97 Å². The molecule has 2 aromatic rings. The van der Waals surface area contributed by atoms with E-state index in [1.165, 1.54) is 5.56 Å². The molecule has 0 spiro atoms. The Morgan fingerprint density at radius 1 is 1.07 bits per heavy atom. The molecule has 0 bridgehead atoms. The Morgan fingerprint density at radius 2 is 1.77 bits per heavy atom. The summed E-state index contributed by atoms with van der Waals surface area (Å²) in [5.74, 6) is -0.552. The molecule has 0 fully saturated rings. The minimum Gasteiger partial charge on any atom is -0.494 e. The second-order valence-electron chi connectivity index (χ2n) is 7.19. The van der Waals surface area contributed by atoms with Crippen LogP contribution in [-0.4, -0.2) is 42.9 Å². The number of aliphatic carboxylic acids is 1. The zero-order valence-corrected chi connectivity index (χ0v) is 18.1. The Kier molecular flexibility index (Phi) is 9.76. The number of hydrogen-bond acceptors (Lipinski definition) is 5. The minimum atomic E-state index is -3.61. The summed E-state index contributed by atoms with van der Waals surface area (Å²) >= 11 is 0. The van der Waals surface area contributed by atoms with Gasteiger partial charge in [-0.1, -0.05) is 25.5 Å². The summed E-state index contributed by atoms with van der Waals surface area (Å²) in [6.45, 7) is 2.48. The molecule has 30 heavy (non-hydrogen) atoms. The first kappa shape index (κ1) is 23.8. The van der Waals surface area contributed by atoms with Crippen molar-refractivity contribution in [3.63, 3.8) is 0 Å². The average Bonchev–Trinajstić information content (AvgIpc) is 2.73. The standard InChI is InChI=1S/C22H30N2O5S/c1-2-3-16-30(27,28)24-21(22(25)26)17-19-7-9-20(10-8-19)29-15-5-4-6-18-11-13-23-14-12-18/h7-14,21,24H,2-6,15-17H2,1H3,(H,25,26). The van der Waals surface area contributed by atoms with Crippen molar-refractivity contribution in [3.8, 4) is 5.75 Å². The number of nitrogens with one attached hydrogen (secondary N) is 1. The van der Waals surface area contributed by atoms with Gasteiger partial charge in [0.15, 0.2) is 0 Å². The smallest absolute Gasteiger partial charge is 0.322 e. The highest BCUT2D eigenvalue weighted by Gasteiger charge is 2.24. The molecule has 0 aliphatic rings. The third kappa shape index (κ3) is 8.92. The van der Waals surface area contributed by atoms with Gasteiger partial charge in [0.2, 0.25) is 10.0 Å². The lowest BCUT2D eigenvalue weighted by Gasteiger charge is -2.15. The maximum Gasteiger partial charge on any atom is 0.322 e. The van der Waals surface area contributed by atoms with Gasteiger partial charge in [-0.15, -0.1) is 0 Å². The Balaban J connectivity index is 1.78. The third-order valence-corrected chi connectivity index (χ3v) is 6.10. The Labute approximate surface area is 178 Å². The fourth-order valence-corrected chi connectivity index (χ4v) is 4.32. The van der Waals surface area contributed by atoms with E-state index in [0.29, 0.717) is 18.8 Å². The maximum absolute atomic E-state index is 12.0. The van der Waals surface area contributed by atoms with Crippen LogP contribution in [0.4, 0.5) is 0 Å². The van der Waals surface area contributed by atoms with Crippen LogP contribution in [0.5, 0.6) is 5.75 Å². The van der Waals surface area contributed by atoms with Crippen LogP contribution in [-0.2, 0) is 27.7 Å². The highest BCUT2D eigenvalue weighted by molar-refractivity contribution is 7.89. The van der Waals surface area contributed by atoms with Crippen LogP contribution in [0.25, 0.3) is 0 Å². The molecule has 0 radical (unpaired) electrons. The normalized spacial score (nSPS) is 12.4. The Bertz CT molecular complexity index is 870. The summed E-state index contributed by atoms with van der Waals surface area (Å²) in [6.07, 6.45) is 7.80. The molecule has 164 valence electrons. The number of carboxylic acids is 1. The van der Waals surface area contributed by atoms with Gasteiger partial charge in [-0.05, 0) is 67.5 Å². The fourth-order valence-electron chi connectivity index (χ4n) is 2.92. The van der Waals surface area contributed by atoms with Crippen molar-refractivity contribution in [2.24, 2.45) is 0 Å². The number of aryl methyl sites for hydroxylation is 1. The lowest BCUT2D eigenvalue weighted by molar-refractivity contribution is -0.138. The number of unbranched alkanes of at least 4 members (excludes halogenated alkanes) is 2. The van der Waals surface area contributed by atoms with E-state index < -0.39 is 22.0 Å². The summed E-state index contributed by atoms with van der Waals surface area (Å²) in [7, 11) is -3.61. The zero-order valence-electron chi connectivity index (χ0n) is 17.3. The van der Waals surface area contributed by atoms with Crippen LogP contribution in [0.1, 0.15) is 43.7 Å². The molecule has 1 unspecified atom stereocenters. The fraction of sp³-hybridized carbons (Fsp3) is 0.455. The molecule has 0 amide bonds. The number of pyridine rings is 1. The van der Waals surface area contributed by atoms with Gasteiger partial charge < -0.3 is 9.84 Å². The van der Waals surface area contributed by atoms with Crippen molar-refractivity contribution >= 4 is 16.0 Å². The second kappa shape index (κ2) is 12.3. The molecule has 7 nitrogen and oxygen atoms in total. The van der Waals surface area contributed by atoms with Gasteiger partial charge in [0.05, 0.1) is 12.4 Å². The van der Waals surface area contributed by atoms with Crippen LogP contribution in [0.3, 0.4) is 0 Å². The first-order chi connectivity index (χ1) is 14.4. The van der Waals surface area contributed by atoms with Crippen molar-refractivity contribution in [1.29, 1.82) is 0 Å². The first-order valence-corrected chi connectivity index (χ1v) is 11.9. The van der Waals surface area contributed by atoms with Gasteiger partial charge in [0, 0.05) is 12.4 Å². The monoisotopic (exact) mass is 434 g/mol. The topological polar surface area (TPSA) is 106 Å². The van der Waals surface area contributed by atoms with E-state index in [9.17, 15) is 18.3 Å². The molecule has 0 saturated heterocycles. The molecule has 1 atom stereocenters. The number of carbonyl (C=O) groups is 1. The van der Waals surface area contributed by atoms with Crippen molar-refractivity contribution in [3.05, 3.63) is 59.9 Å². The van der Waals surface area contributed by atoms with Crippen molar-refractivity contribution in [2.75, 3.05) is 12.4 Å². The quantitative estimate of drug-likeness (QED) is 0.442. The molecule has 8 heteroatoms. The van der Waals surface area contributed by atoms with E-state index in [2.05, 4.69) is 9.71 Å². The number of benzene rings is 1. The van der Waals surface area contributed by atoms with Gasteiger partial charge in [0.25, 0.3) is 0 Å². The van der Waals surface area contributed by atoms with Gasteiger partial charge in [-0.3, -0.25) is 9.78 Å². The van der Waals surface area contributed by atoms with Gasteiger partial charge in [-0.2, -0.15) is 0 Å². The maximum atomic E-state index is 12.0. The number of sulfonamides is 1. The minimum absolute atomic E-state index is 0.0682. The summed E-state index contributed by atoms with van der Waals surface area (Å²) in [4.78, 5) is 15.5. The Hall–Kier alpha value is -2.45. The van der Waals surface area contributed by atoms with Crippen molar-refractivity contribution in [2.45, 2.75) is 51.5 Å². The highest BCUT2D eigenvalue weighted by Crippen LogP contribution is 2.15. The van der Waals surface area contributed by atoms with E-state index in [1.54, 1.807) is 36.7 Å². The van der Waals surface area contributed by atoms with E-state index in [-0.39, 0.29) is 12.2 Å². The predicted molar refractivity (Wildman–Crippen MR) is 116 cm³/mol. The molecule has 0 aliphatic carbocycles. The summed E-state index contributed by atoms with van der Waals surface area (Å²) < 4.78 is 32.1. The first-order valence-electron chi connectivity index (χ1n) is 10.2. The Morgan fingerprint density at radius 3 is 2.40 bits per heavy atom. The zero-order chi connectivity index (χ0) is 21.8. The van der Waals surface area contributed by atoms with E-state index in [0.717, 1.165) is 31.2 Å². The number of hydrogen-bond donors (Lipinski definition) is 2. The highest BCUT2D eigenvalue weighted by atomic mass is 32.2. The summed E-state index contributed by atoms with van der Waals surface area (Å²) in [5.41, 5.74) is 1.98. The average molecular weight is 435 g/mol. The molecule has 0 aliphatic heterocycles. The van der Waals surface area contributed by atoms with Crippen LogP contribution in [0, 0.1) is 0 Å². The van der Waals surface area contributed by atoms with Crippen LogP contribution < -0.4 is 9.46 Å². The molecule has 1 heterocycles. The van der Waals surface area contributed by atoms with E-state index in [1.807, 2.05) is 19.1 Å². The molecular weight excluding hydrogens is 404 g/mol. The molecule has 2 rings (SSSR count). The summed E-state index contributed by atoms with van der Waals surface area (Å²) in [5, 5.41) is 9.37. The number of aromatic nitrogens is 1. The molecule has 1 aromatic carbocycles. The van der Waals surface area contributed by atoms with Crippen molar-refractivity contribution in [1.82, 2.24) is 9.71 Å². The molecule has 0 saturated carbocycles. The third-order valence-electron chi connectivity index (χ3n) is 4.63. The largest absolute Gasteiger partial charge is 0.494 e. The number of rotatable bonds is 14. The molecule has 2 N–H and O–H groups in total. The van der Waals surface area contributed by atoms with Crippen LogP contribution in [0.15, 0.2) is 48.8 Å². The van der Waals surface area contributed by atoms with Crippen LogP contribution in [0.2, 0.25) is 0 Å². The van der Waals surface area contributed by atoms with Gasteiger partial charge in [-0.25, -0.2) is 13.1 Å². The predicted octanol–water partition coefficient (Wildman–Crippen LogP) is 3.20. The van der Waals surface area contributed by atoms with Crippen LogP contribution >= 0.6 is 0 Å². The number of carboxylic acid groups (broad SMARTS) is 1. The number of nitrogens with zero attached hydrogens (tertiary/aromatic N) is 1. The molecular formula is C22H30N2O5S. The lowest BCUT2D eigenvalue weighted by atomic mass is 10.1. The number of ether oxygens (including phenoxy) is 1. The van der Waals surface area contributed by atoms with Crippen molar-refractivity contribution < 1.29 is 23.1 Å². The second-order valence-corrected chi connectivity index (χ2v) is 9.06. The lowest BCUT2D eigenvalue weighted by Crippen LogP contribution is -2.43. The van der Waals surface area contributed by atoms with Gasteiger partial charge in [0.1, 0.15) is 11.8 Å². The SMILES string of the molecule is CCCCS(=O)(=O)NC(Cc1ccc(OCCCCc2ccncc2)cc1)C(=O)O.